The van der Waals surface area contributed by atoms with Crippen LogP contribution in [0, 0.1) is 0 Å². The van der Waals surface area contributed by atoms with Crippen molar-refractivity contribution in [2.24, 2.45) is 0 Å². The maximum atomic E-state index is 8.90. The predicted molar refractivity (Wildman–Crippen MR) is 62.7 cm³/mol. The SMILES string of the molecule is C1CNCCN1.Nc1cccc(O)c1N. The Morgan fingerprint density at radius 3 is 1.87 bits per heavy atom. The molecule has 0 aromatic heterocycles. The van der Waals surface area contributed by atoms with Crippen LogP contribution in [0.4, 0.5) is 11.4 Å². The summed E-state index contributed by atoms with van der Waals surface area (Å²) in [6.45, 7) is 4.56. The molecule has 0 aliphatic carbocycles. The van der Waals surface area contributed by atoms with E-state index in [1.165, 1.54) is 6.07 Å². The molecule has 1 fully saturated rings. The number of hydrogen-bond donors (Lipinski definition) is 5. The van der Waals surface area contributed by atoms with Crippen LogP contribution >= 0.6 is 0 Å². The zero-order valence-corrected chi connectivity index (χ0v) is 8.66. The highest BCUT2D eigenvalue weighted by Gasteiger charge is 1.96. The van der Waals surface area contributed by atoms with Crippen LogP contribution in [0.15, 0.2) is 18.2 Å². The molecule has 0 radical (unpaired) electrons. The van der Waals surface area contributed by atoms with E-state index < -0.39 is 0 Å². The molecular formula is C10H18N4O. The van der Waals surface area contributed by atoms with Crippen molar-refractivity contribution in [3.63, 3.8) is 0 Å². The Hall–Kier alpha value is -1.46. The minimum atomic E-state index is 0.0370. The van der Waals surface area contributed by atoms with Gasteiger partial charge in [0.15, 0.2) is 0 Å². The van der Waals surface area contributed by atoms with Crippen LogP contribution in [0.2, 0.25) is 0 Å². The number of piperazine rings is 1. The normalized spacial score (nSPS) is 15.2. The summed E-state index contributed by atoms with van der Waals surface area (Å²) in [7, 11) is 0. The molecule has 15 heavy (non-hydrogen) atoms. The van der Waals surface area contributed by atoms with E-state index in [0.717, 1.165) is 26.2 Å². The highest BCUT2D eigenvalue weighted by Crippen LogP contribution is 2.24. The number of nitrogens with two attached hydrogens (primary N) is 2. The smallest absolute Gasteiger partial charge is 0.140 e. The molecule has 0 unspecified atom stereocenters. The van der Waals surface area contributed by atoms with Gasteiger partial charge >= 0.3 is 0 Å². The van der Waals surface area contributed by atoms with Gasteiger partial charge in [0.25, 0.3) is 0 Å². The largest absolute Gasteiger partial charge is 0.506 e. The minimum Gasteiger partial charge on any atom is -0.506 e. The molecule has 1 aromatic carbocycles. The number of rotatable bonds is 0. The van der Waals surface area contributed by atoms with Gasteiger partial charge in [-0.25, -0.2) is 0 Å². The van der Waals surface area contributed by atoms with Crippen LogP contribution in [0.25, 0.3) is 0 Å². The molecule has 2 rings (SSSR count). The van der Waals surface area contributed by atoms with Crippen LogP contribution in [0.3, 0.4) is 0 Å². The predicted octanol–water partition coefficient (Wildman–Crippen LogP) is -0.264. The monoisotopic (exact) mass is 210 g/mol. The molecule has 1 aliphatic rings. The maximum Gasteiger partial charge on any atom is 0.140 e. The van der Waals surface area contributed by atoms with Crippen LogP contribution in [0.5, 0.6) is 5.75 Å². The number of anilines is 2. The lowest BCUT2D eigenvalue weighted by atomic mass is 10.2. The molecule has 1 aromatic rings. The number of nitrogens with one attached hydrogen (secondary N) is 2. The van der Waals surface area contributed by atoms with Crippen molar-refractivity contribution in [2.45, 2.75) is 0 Å². The Kier molecular flexibility index (Phi) is 4.73. The van der Waals surface area contributed by atoms with E-state index in [9.17, 15) is 0 Å². The Bertz CT molecular complexity index is 268. The molecule has 0 saturated carbocycles. The molecule has 5 heteroatoms. The maximum absolute atomic E-state index is 8.90. The van der Waals surface area contributed by atoms with Gasteiger partial charge in [0, 0.05) is 26.2 Å². The van der Waals surface area contributed by atoms with Crippen molar-refractivity contribution >= 4 is 11.4 Å². The van der Waals surface area contributed by atoms with Gasteiger partial charge in [-0.05, 0) is 12.1 Å². The second kappa shape index (κ2) is 6.10. The van der Waals surface area contributed by atoms with Crippen molar-refractivity contribution in [3.8, 4) is 5.75 Å². The topological polar surface area (TPSA) is 96.3 Å². The van der Waals surface area contributed by atoms with Crippen molar-refractivity contribution in [2.75, 3.05) is 37.6 Å². The number of phenols is 1. The van der Waals surface area contributed by atoms with Gasteiger partial charge in [-0.2, -0.15) is 0 Å². The number of aromatic hydroxyl groups is 1. The van der Waals surface area contributed by atoms with Crippen molar-refractivity contribution in [1.82, 2.24) is 10.6 Å². The van der Waals surface area contributed by atoms with Gasteiger partial charge in [-0.15, -0.1) is 0 Å². The number of nitrogen functional groups attached to an aromatic ring is 2. The minimum absolute atomic E-state index is 0.0370. The van der Waals surface area contributed by atoms with E-state index in [1.54, 1.807) is 12.1 Å². The third-order valence-corrected chi connectivity index (χ3v) is 2.07. The summed E-state index contributed by atoms with van der Waals surface area (Å²) in [5.74, 6) is 0.0370. The number of hydrogen-bond acceptors (Lipinski definition) is 5. The first-order valence-corrected chi connectivity index (χ1v) is 4.96. The first-order valence-electron chi connectivity index (χ1n) is 4.96. The van der Waals surface area contributed by atoms with Crippen molar-refractivity contribution in [3.05, 3.63) is 18.2 Å². The molecule has 1 aliphatic heterocycles. The first-order chi connectivity index (χ1) is 7.22. The lowest BCUT2D eigenvalue weighted by molar-refractivity contribution is 0.478. The zero-order chi connectivity index (χ0) is 11.1. The van der Waals surface area contributed by atoms with Crippen LogP contribution in [-0.2, 0) is 0 Å². The summed E-state index contributed by atoms with van der Waals surface area (Å²) in [4.78, 5) is 0. The van der Waals surface area contributed by atoms with Crippen molar-refractivity contribution < 1.29 is 5.11 Å². The molecule has 0 spiro atoms. The summed E-state index contributed by atoms with van der Waals surface area (Å²) < 4.78 is 0. The lowest BCUT2D eigenvalue weighted by Crippen LogP contribution is -2.39. The highest BCUT2D eigenvalue weighted by molar-refractivity contribution is 5.69. The summed E-state index contributed by atoms with van der Waals surface area (Å²) >= 11 is 0. The molecular weight excluding hydrogens is 192 g/mol. The Morgan fingerprint density at radius 1 is 1.00 bits per heavy atom. The van der Waals surface area contributed by atoms with Gasteiger partial charge in [0.05, 0.1) is 11.4 Å². The second-order valence-corrected chi connectivity index (χ2v) is 3.28. The highest BCUT2D eigenvalue weighted by atomic mass is 16.3. The van der Waals surface area contributed by atoms with E-state index in [2.05, 4.69) is 10.6 Å². The molecule has 0 bridgehead atoms. The molecule has 84 valence electrons. The zero-order valence-electron chi connectivity index (χ0n) is 8.66. The van der Waals surface area contributed by atoms with E-state index in [0.29, 0.717) is 5.69 Å². The second-order valence-electron chi connectivity index (χ2n) is 3.28. The number of phenolic OH excluding ortho intramolecular Hbond substituents is 1. The average Bonchev–Trinajstić information content (AvgIpc) is 2.29. The van der Waals surface area contributed by atoms with E-state index in [1.807, 2.05) is 0 Å². The first kappa shape index (κ1) is 11.6. The van der Waals surface area contributed by atoms with E-state index in [4.69, 9.17) is 16.6 Å². The van der Waals surface area contributed by atoms with E-state index >= 15 is 0 Å². The van der Waals surface area contributed by atoms with Gasteiger partial charge in [0.2, 0.25) is 0 Å². The van der Waals surface area contributed by atoms with Gasteiger partial charge in [0.1, 0.15) is 5.75 Å². The van der Waals surface area contributed by atoms with E-state index in [-0.39, 0.29) is 11.4 Å². The van der Waals surface area contributed by atoms with Gasteiger partial charge in [-0.3, -0.25) is 0 Å². The van der Waals surface area contributed by atoms with Crippen LogP contribution in [-0.4, -0.2) is 31.3 Å². The molecule has 1 saturated heterocycles. The lowest BCUT2D eigenvalue weighted by Gasteiger charge is -2.11. The average molecular weight is 210 g/mol. The summed E-state index contributed by atoms with van der Waals surface area (Å²) in [6, 6.07) is 4.77. The Balaban J connectivity index is 0.000000162. The molecule has 0 amide bonds. The van der Waals surface area contributed by atoms with Crippen LogP contribution in [0.1, 0.15) is 0 Å². The summed E-state index contributed by atoms with van der Waals surface area (Å²) in [5, 5.41) is 15.3. The molecule has 0 atom stereocenters. The number of para-hydroxylation sites is 1. The summed E-state index contributed by atoms with van der Waals surface area (Å²) in [5.41, 5.74) is 11.3. The summed E-state index contributed by atoms with van der Waals surface area (Å²) in [6.07, 6.45) is 0. The fourth-order valence-electron chi connectivity index (χ4n) is 1.17. The fourth-order valence-corrected chi connectivity index (χ4v) is 1.17. The fraction of sp³-hybridized carbons (Fsp3) is 0.400. The molecule has 1 heterocycles. The van der Waals surface area contributed by atoms with Crippen molar-refractivity contribution in [1.29, 1.82) is 0 Å². The van der Waals surface area contributed by atoms with Gasteiger partial charge in [-0.1, -0.05) is 6.07 Å². The molecule has 7 N–H and O–H groups in total. The quantitative estimate of drug-likeness (QED) is 0.300. The third kappa shape index (κ3) is 4.05. The molecule has 5 nitrogen and oxygen atoms in total. The number of benzene rings is 1. The van der Waals surface area contributed by atoms with Crippen LogP contribution < -0.4 is 22.1 Å². The van der Waals surface area contributed by atoms with Gasteiger partial charge < -0.3 is 27.2 Å². The Labute approximate surface area is 89.5 Å². The standard InChI is InChI=1S/C6H8N2O.C4H10N2/c7-4-2-1-3-5(9)6(4)8;1-2-6-4-3-5-1/h1-3,9H,7-8H2;5-6H,1-4H2. The Morgan fingerprint density at radius 2 is 1.53 bits per heavy atom. The third-order valence-electron chi connectivity index (χ3n) is 2.07.